The summed E-state index contributed by atoms with van der Waals surface area (Å²) in [6.45, 7) is 1.07. The van der Waals surface area contributed by atoms with Gasteiger partial charge in [0.15, 0.2) is 6.29 Å². The molecule has 1 saturated heterocycles. The molecular weight excluding hydrogens is 392 g/mol. The zero-order valence-electron chi connectivity index (χ0n) is 16.8. The summed E-state index contributed by atoms with van der Waals surface area (Å²) in [5.74, 6) is -2.58. The number of aromatic nitrogens is 3. The molecule has 0 saturated carbocycles. The number of hydrogen-bond donors (Lipinski definition) is 1. The molecule has 1 amide bonds. The Labute approximate surface area is 172 Å². The van der Waals surface area contributed by atoms with Gasteiger partial charge < -0.3 is 10.2 Å². The van der Waals surface area contributed by atoms with E-state index in [0.717, 1.165) is 17.4 Å². The highest BCUT2D eigenvalue weighted by Gasteiger charge is 2.32. The highest BCUT2D eigenvalue weighted by Crippen LogP contribution is 2.26. The van der Waals surface area contributed by atoms with Crippen LogP contribution in [0.1, 0.15) is 33.6 Å². The average Bonchev–Trinajstić information content (AvgIpc) is 3.19. The number of nitrogens with one attached hydrogen (secondary N) is 1. The molecule has 1 aliphatic rings. The summed E-state index contributed by atoms with van der Waals surface area (Å²) >= 11 is 0. The molecule has 1 N–H and O–H groups in total. The van der Waals surface area contributed by atoms with Crippen LogP contribution < -0.4 is 5.32 Å². The monoisotopic (exact) mass is 415 g/mol. The normalized spacial score (nSPS) is 15.9. The number of carbonyl (C=O) groups excluding carboxylic acids is 2. The van der Waals surface area contributed by atoms with Gasteiger partial charge >= 0.3 is 0 Å². The molecule has 0 aliphatic carbocycles. The van der Waals surface area contributed by atoms with Crippen LogP contribution in [0.25, 0.3) is 16.7 Å². The number of hydrogen-bond acceptors (Lipinski definition) is 5. The Morgan fingerprint density at radius 1 is 1.20 bits per heavy atom. The zero-order chi connectivity index (χ0) is 21.7. The van der Waals surface area contributed by atoms with Crippen LogP contribution in [0.3, 0.4) is 0 Å². The molecule has 158 valence electrons. The van der Waals surface area contributed by atoms with Gasteiger partial charge in [0.25, 0.3) is 11.8 Å². The Hall–Kier alpha value is -3.20. The number of aldehydes is 1. The molecule has 0 unspecified atom stereocenters. The van der Waals surface area contributed by atoms with Crippen LogP contribution in [-0.2, 0) is 0 Å². The van der Waals surface area contributed by atoms with E-state index in [2.05, 4.69) is 15.3 Å². The molecule has 0 aromatic carbocycles. The minimum absolute atomic E-state index is 0.0312. The van der Waals surface area contributed by atoms with Crippen LogP contribution in [-0.4, -0.2) is 64.7 Å². The smallest absolute Gasteiger partial charge is 0.252 e. The molecule has 1 fully saturated rings. The molecule has 4 heterocycles. The van der Waals surface area contributed by atoms with Gasteiger partial charge in [-0.25, -0.2) is 13.8 Å². The first kappa shape index (κ1) is 21.5. The predicted octanol–water partition coefficient (Wildman–Crippen LogP) is 2.94. The highest BCUT2D eigenvalue weighted by atomic mass is 19.3. The van der Waals surface area contributed by atoms with Crippen molar-refractivity contribution in [1.29, 1.82) is 0 Å². The maximum absolute atomic E-state index is 12.4. The Bertz CT molecular complexity index is 1040. The maximum Gasteiger partial charge on any atom is 0.252 e. The third kappa shape index (κ3) is 5.04. The highest BCUT2D eigenvalue weighted by molar-refractivity contribution is 5.94. The van der Waals surface area contributed by atoms with Crippen molar-refractivity contribution in [1.82, 2.24) is 24.8 Å². The Balaban J connectivity index is 0.000000239. The van der Waals surface area contributed by atoms with Crippen molar-refractivity contribution >= 4 is 23.2 Å². The first-order chi connectivity index (χ1) is 14.3. The van der Waals surface area contributed by atoms with E-state index in [0.29, 0.717) is 29.9 Å². The van der Waals surface area contributed by atoms with E-state index in [4.69, 9.17) is 0 Å². The summed E-state index contributed by atoms with van der Waals surface area (Å²) in [7, 11) is 3.44. The van der Waals surface area contributed by atoms with Gasteiger partial charge in [0.1, 0.15) is 5.65 Å². The van der Waals surface area contributed by atoms with Crippen LogP contribution in [0.2, 0.25) is 0 Å². The lowest BCUT2D eigenvalue weighted by Gasteiger charge is -2.28. The fourth-order valence-corrected chi connectivity index (χ4v) is 3.09. The lowest BCUT2D eigenvalue weighted by Crippen LogP contribution is -2.36. The van der Waals surface area contributed by atoms with E-state index < -0.39 is 5.92 Å². The second-order valence-corrected chi connectivity index (χ2v) is 7.16. The third-order valence-electron chi connectivity index (χ3n) is 4.89. The maximum atomic E-state index is 12.4. The quantitative estimate of drug-likeness (QED) is 0.666. The number of likely N-dealkylation sites (tertiary alicyclic amines) is 1. The summed E-state index contributed by atoms with van der Waals surface area (Å²) in [6, 6.07) is 5.37. The topological polar surface area (TPSA) is 80.1 Å². The Morgan fingerprint density at radius 3 is 2.57 bits per heavy atom. The van der Waals surface area contributed by atoms with Crippen molar-refractivity contribution in [2.45, 2.75) is 18.8 Å². The van der Waals surface area contributed by atoms with E-state index in [-0.39, 0.29) is 18.7 Å². The average molecular weight is 415 g/mol. The van der Waals surface area contributed by atoms with Crippen molar-refractivity contribution in [2.75, 3.05) is 27.2 Å². The van der Waals surface area contributed by atoms with Gasteiger partial charge in [0.2, 0.25) is 0 Å². The molecule has 0 radical (unpaired) electrons. The number of nitrogens with zero attached hydrogens (tertiary/aromatic N) is 4. The first-order valence-electron chi connectivity index (χ1n) is 9.49. The number of fused-ring (bicyclic) bond motifs is 1. The van der Waals surface area contributed by atoms with E-state index in [1.54, 1.807) is 25.4 Å². The summed E-state index contributed by atoms with van der Waals surface area (Å²) < 4.78 is 26.5. The number of pyridine rings is 2. The van der Waals surface area contributed by atoms with Gasteiger partial charge in [-0.05, 0) is 25.2 Å². The number of piperidine rings is 1. The fraction of sp³-hybridized carbons (Fsp3) is 0.333. The number of amides is 1. The summed E-state index contributed by atoms with van der Waals surface area (Å²) in [5.41, 5.74) is 2.44. The molecular formula is C21H23F2N5O2. The van der Waals surface area contributed by atoms with Crippen LogP contribution in [0.15, 0.2) is 43.0 Å². The first-order valence-corrected chi connectivity index (χ1v) is 9.49. The molecule has 7 nitrogen and oxygen atoms in total. The van der Waals surface area contributed by atoms with Crippen molar-refractivity contribution in [2.24, 2.45) is 0 Å². The molecule has 9 heteroatoms. The Morgan fingerprint density at radius 2 is 1.93 bits per heavy atom. The van der Waals surface area contributed by atoms with Crippen molar-refractivity contribution < 1.29 is 18.4 Å². The van der Waals surface area contributed by atoms with Gasteiger partial charge in [0, 0.05) is 62.5 Å². The van der Waals surface area contributed by atoms with Gasteiger partial charge in [-0.3, -0.25) is 19.1 Å². The van der Waals surface area contributed by atoms with Gasteiger partial charge in [-0.15, -0.1) is 0 Å². The molecule has 0 spiro atoms. The minimum Gasteiger partial charge on any atom is -0.355 e. The molecule has 3 aromatic heterocycles. The minimum atomic E-state index is -2.38. The van der Waals surface area contributed by atoms with Crippen molar-refractivity contribution in [3.8, 4) is 5.69 Å². The Kier molecular flexibility index (Phi) is 6.51. The largest absolute Gasteiger partial charge is 0.355 e. The second kappa shape index (κ2) is 9.08. The molecule has 4 rings (SSSR count). The number of halogens is 2. The van der Waals surface area contributed by atoms with E-state index in [1.165, 1.54) is 12.4 Å². The molecule has 0 bridgehead atoms. The van der Waals surface area contributed by atoms with Gasteiger partial charge in [-0.2, -0.15) is 0 Å². The molecule has 0 atom stereocenters. The standard InChI is InChI=1S/C15H12N4O2.C6H11F2N/c1-16-15(21)12-5-13(8-17-7-12)19-3-2-11-4-10(9-20)6-18-14(11)19;1-9-4-2-6(7,8)3-5-9/h2-9H,1H3,(H,16,21);2-5H2,1H3. The SMILES string of the molecule is CN1CCC(F)(F)CC1.CNC(=O)c1cncc(-n2ccc3cc(C=O)cnc32)c1. The molecule has 30 heavy (non-hydrogen) atoms. The number of carbonyl (C=O) groups is 2. The second-order valence-electron chi connectivity index (χ2n) is 7.16. The van der Waals surface area contributed by atoms with E-state index in [1.807, 2.05) is 28.8 Å². The molecule has 1 aliphatic heterocycles. The lowest BCUT2D eigenvalue weighted by molar-refractivity contribution is -0.0504. The van der Waals surface area contributed by atoms with Crippen molar-refractivity contribution in [3.63, 3.8) is 0 Å². The van der Waals surface area contributed by atoms with Crippen LogP contribution in [0.5, 0.6) is 0 Å². The molecule has 3 aromatic rings. The van der Waals surface area contributed by atoms with Crippen LogP contribution in [0.4, 0.5) is 8.78 Å². The summed E-state index contributed by atoms with van der Waals surface area (Å²) in [4.78, 5) is 32.7. The van der Waals surface area contributed by atoms with Gasteiger partial charge in [-0.1, -0.05) is 0 Å². The third-order valence-corrected chi connectivity index (χ3v) is 4.89. The summed E-state index contributed by atoms with van der Waals surface area (Å²) in [5, 5.41) is 3.42. The van der Waals surface area contributed by atoms with Crippen LogP contribution >= 0.6 is 0 Å². The zero-order valence-corrected chi connectivity index (χ0v) is 16.8. The predicted molar refractivity (Wildman–Crippen MR) is 109 cm³/mol. The van der Waals surface area contributed by atoms with E-state index in [9.17, 15) is 18.4 Å². The fourth-order valence-electron chi connectivity index (χ4n) is 3.09. The van der Waals surface area contributed by atoms with E-state index >= 15 is 0 Å². The van der Waals surface area contributed by atoms with Crippen molar-refractivity contribution in [3.05, 3.63) is 54.1 Å². The van der Waals surface area contributed by atoms with Gasteiger partial charge in [0.05, 0.1) is 17.4 Å². The lowest BCUT2D eigenvalue weighted by atomic mass is 10.1. The number of rotatable bonds is 3. The number of alkyl halides is 2. The van der Waals surface area contributed by atoms with Crippen LogP contribution in [0, 0.1) is 0 Å². The summed E-state index contributed by atoms with van der Waals surface area (Å²) in [6.07, 6.45) is 7.33.